The van der Waals surface area contributed by atoms with Crippen molar-refractivity contribution < 1.29 is 14.6 Å². The molecule has 1 saturated carbocycles. The molecule has 0 aromatic rings. The van der Waals surface area contributed by atoms with Crippen molar-refractivity contribution in [2.75, 3.05) is 13.7 Å². The van der Waals surface area contributed by atoms with Crippen molar-refractivity contribution in [1.82, 2.24) is 5.32 Å². The Hall–Kier alpha value is -0.610. The molecule has 12 heavy (non-hydrogen) atoms. The summed E-state index contributed by atoms with van der Waals surface area (Å²) in [6.45, 7) is 2.53. The van der Waals surface area contributed by atoms with Crippen LogP contribution in [0.3, 0.4) is 0 Å². The van der Waals surface area contributed by atoms with Gasteiger partial charge in [-0.1, -0.05) is 0 Å². The van der Waals surface area contributed by atoms with Crippen LogP contribution in [-0.2, 0) is 9.53 Å². The van der Waals surface area contributed by atoms with Gasteiger partial charge in [0.05, 0.1) is 6.10 Å². The fourth-order valence-corrected chi connectivity index (χ4v) is 1.47. The summed E-state index contributed by atoms with van der Waals surface area (Å²) in [7, 11) is 1.52. The molecule has 0 bridgehead atoms. The van der Waals surface area contributed by atoms with Gasteiger partial charge >= 0.3 is 0 Å². The average Bonchev–Trinajstić information content (AvgIpc) is 2.00. The van der Waals surface area contributed by atoms with Gasteiger partial charge in [-0.3, -0.25) is 4.79 Å². The lowest BCUT2D eigenvalue weighted by atomic mass is 9.77. The molecule has 1 aliphatic rings. The largest absolute Gasteiger partial charge is 0.380 e. The van der Waals surface area contributed by atoms with Crippen LogP contribution in [0.4, 0.5) is 0 Å². The summed E-state index contributed by atoms with van der Waals surface area (Å²) in [4.78, 5) is 11.0. The molecule has 70 valence electrons. The van der Waals surface area contributed by atoms with Crippen LogP contribution < -0.4 is 5.32 Å². The molecule has 1 aliphatic carbocycles. The molecule has 0 saturated heterocycles. The minimum atomic E-state index is -1.17. The Morgan fingerprint density at radius 1 is 1.75 bits per heavy atom. The normalized spacial score (nSPS) is 34.1. The highest BCUT2D eigenvalue weighted by molar-refractivity contribution is 5.85. The number of carbonyl (C=O) groups excluding carboxylic acids is 1. The van der Waals surface area contributed by atoms with Gasteiger partial charge in [-0.25, -0.2) is 0 Å². The number of nitrogens with one attached hydrogen (secondary N) is 1. The third kappa shape index (κ3) is 1.59. The fraction of sp³-hybridized carbons (Fsp3) is 0.875. The SMILES string of the molecule is CCOC1CC(O)(C(=O)NC)C1. The van der Waals surface area contributed by atoms with Crippen LogP contribution in [0.15, 0.2) is 0 Å². The third-order valence-corrected chi connectivity index (χ3v) is 2.18. The van der Waals surface area contributed by atoms with Crippen LogP contribution in [0, 0.1) is 0 Å². The lowest BCUT2D eigenvalue weighted by Crippen LogP contribution is -2.57. The van der Waals surface area contributed by atoms with Crippen LogP contribution in [0.5, 0.6) is 0 Å². The molecule has 0 aromatic heterocycles. The topological polar surface area (TPSA) is 58.6 Å². The number of hydrogen-bond acceptors (Lipinski definition) is 3. The Morgan fingerprint density at radius 3 is 2.75 bits per heavy atom. The van der Waals surface area contributed by atoms with Crippen molar-refractivity contribution in [3.63, 3.8) is 0 Å². The second-order valence-corrected chi connectivity index (χ2v) is 3.10. The second kappa shape index (κ2) is 3.41. The van der Waals surface area contributed by atoms with Gasteiger partial charge in [0.2, 0.25) is 0 Å². The Kier molecular flexibility index (Phi) is 2.69. The Labute approximate surface area is 71.9 Å². The minimum absolute atomic E-state index is 0.0531. The van der Waals surface area contributed by atoms with Gasteiger partial charge in [0.25, 0.3) is 5.91 Å². The van der Waals surface area contributed by atoms with E-state index in [1.807, 2.05) is 6.92 Å². The molecule has 0 aromatic carbocycles. The van der Waals surface area contributed by atoms with E-state index in [1.165, 1.54) is 7.05 Å². The maximum Gasteiger partial charge on any atom is 0.251 e. The molecule has 4 nitrogen and oxygen atoms in total. The second-order valence-electron chi connectivity index (χ2n) is 3.10. The summed E-state index contributed by atoms with van der Waals surface area (Å²) < 4.78 is 5.23. The summed E-state index contributed by atoms with van der Waals surface area (Å²) in [5.74, 6) is -0.307. The number of hydrogen-bond donors (Lipinski definition) is 2. The Balaban J connectivity index is 2.34. The minimum Gasteiger partial charge on any atom is -0.380 e. The van der Waals surface area contributed by atoms with Crippen molar-refractivity contribution in [3.8, 4) is 0 Å². The molecule has 0 spiro atoms. The molecule has 0 unspecified atom stereocenters. The number of amides is 1. The van der Waals surface area contributed by atoms with E-state index in [0.717, 1.165) is 0 Å². The molecule has 2 N–H and O–H groups in total. The summed E-state index contributed by atoms with van der Waals surface area (Å²) in [5.41, 5.74) is -1.17. The van der Waals surface area contributed by atoms with Gasteiger partial charge in [0, 0.05) is 26.5 Å². The Bertz CT molecular complexity index is 175. The van der Waals surface area contributed by atoms with Crippen LogP contribution in [0.1, 0.15) is 19.8 Å². The van der Waals surface area contributed by atoms with E-state index in [0.29, 0.717) is 19.4 Å². The van der Waals surface area contributed by atoms with Crippen molar-refractivity contribution in [3.05, 3.63) is 0 Å². The van der Waals surface area contributed by atoms with Crippen molar-refractivity contribution >= 4 is 5.91 Å². The lowest BCUT2D eigenvalue weighted by molar-refractivity contribution is -0.169. The van der Waals surface area contributed by atoms with Gasteiger partial charge in [0.1, 0.15) is 5.60 Å². The van der Waals surface area contributed by atoms with Crippen molar-refractivity contribution in [2.45, 2.75) is 31.5 Å². The van der Waals surface area contributed by atoms with Crippen LogP contribution in [0.25, 0.3) is 0 Å². The number of likely N-dealkylation sites (N-methyl/N-ethyl adjacent to an activating group) is 1. The van der Waals surface area contributed by atoms with Gasteiger partial charge in [0.15, 0.2) is 0 Å². The van der Waals surface area contributed by atoms with Gasteiger partial charge in [-0.2, -0.15) is 0 Å². The molecule has 0 aliphatic heterocycles. The number of carbonyl (C=O) groups is 1. The van der Waals surface area contributed by atoms with Crippen LogP contribution in [-0.4, -0.2) is 36.4 Å². The Morgan fingerprint density at radius 2 is 2.33 bits per heavy atom. The summed E-state index contributed by atoms with van der Waals surface area (Å²) in [6.07, 6.45) is 0.887. The molecule has 0 heterocycles. The number of aliphatic hydroxyl groups is 1. The molecule has 0 atom stereocenters. The monoisotopic (exact) mass is 173 g/mol. The molecule has 1 rings (SSSR count). The first-order valence-corrected chi connectivity index (χ1v) is 4.18. The lowest BCUT2D eigenvalue weighted by Gasteiger charge is -2.41. The van der Waals surface area contributed by atoms with E-state index in [-0.39, 0.29) is 12.0 Å². The van der Waals surface area contributed by atoms with Gasteiger partial charge < -0.3 is 15.2 Å². The first kappa shape index (κ1) is 9.48. The van der Waals surface area contributed by atoms with Gasteiger partial charge in [-0.05, 0) is 6.92 Å². The molecular formula is C8H15NO3. The molecule has 1 fully saturated rings. The third-order valence-electron chi connectivity index (χ3n) is 2.18. The summed E-state index contributed by atoms with van der Waals surface area (Å²) >= 11 is 0. The number of rotatable bonds is 3. The van der Waals surface area contributed by atoms with Gasteiger partial charge in [-0.15, -0.1) is 0 Å². The first-order valence-electron chi connectivity index (χ1n) is 4.18. The molecule has 4 heteroatoms. The van der Waals surface area contributed by atoms with E-state index in [1.54, 1.807) is 0 Å². The van der Waals surface area contributed by atoms with Crippen molar-refractivity contribution in [1.29, 1.82) is 0 Å². The van der Waals surface area contributed by atoms with E-state index in [9.17, 15) is 9.90 Å². The first-order chi connectivity index (χ1) is 5.62. The highest BCUT2D eigenvalue weighted by Crippen LogP contribution is 2.34. The highest BCUT2D eigenvalue weighted by atomic mass is 16.5. The van der Waals surface area contributed by atoms with Crippen LogP contribution in [0.2, 0.25) is 0 Å². The smallest absolute Gasteiger partial charge is 0.251 e. The quantitative estimate of drug-likeness (QED) is 0.614. The average molecular weight is 173 g/mol. The molecule has 1 amide bonds. The standard InChI is InChI=1S/C8H15NO3/c1-3-12-6-4-8(11,5-6)7(10)9-2/h6,11H,3-5H2,1-2H3,(H,9,10). The summed E-state index contributed by atoms with van der Waals surface area (Å²) in [6, 6.07) is 0. The van der Waals surface area contributed by atoms with Crippen LogP contribution >= 0.6 is 0 Å². The zero-order valence-corrected chi connectivity index (χ0v) is 7.46. The van der Waals surface area contributed by atoms with E-state index >= 15 is 0 Å². The molecule has 0 radical (unpaired) electrons. The van der Waals surface area contributed by atoms with Crippen molar-refractivity contribution in [2.24, 2.45) is 0 Å². The zero-order chi connectivity index (χ0) is 9.19. The fourth-order valence-electron chi connectivity index (χ4n) is 1.47. The predicted octanol–water partition coefficient (Wildman–Crippen LogP) is -0.338. The predicted molar refractivity (Wildman–Crippen MR) is 43.7 cm³/mol. The van der Waals surface area contributed by atoms with E-state index < -0.39 is 5.60 Å². The number of ether oxygens (including phenoxy) is 1. The maximum atomic E-state index is 11.0. The zero-order valence-electron chi connectivity index (χ0n) is 7.46. The highest BCUT2D eigenvalue weighted by Gasteiger charge is 2.48. The molecular weight excluding hydrogens is 158 g/mol. The van der Waals surface area contributed by atoms with E-state index in [4.69, 9.17) is 4.74 Å². The van der Waals surface area contributed by atoms with E-state index in [2.05, 4.69) is 5.32 Å². The summed E-state index contributed by atoms with van der Waals surface area (Å²) in [5, 5.41) is 12.0. The maximum absolute atomic E-state index is 11.0.